The number of esters is 3. The standard InChI is InChI=1S/C62H109O11P/c1-4-7-10-13-16-19-22-25-28-29-32-35-38-41-44-47-50-53-62(66)73-59(55-69-60(64)51-48-45-42-39-36-33-30-26-23-20-17-14-11-8-5-2)57-71-74(67,68)70-56-58(54-63)72-61(65)52-49-46-43-40-37-34-31-27-24-21-18-15-12-9-6-3/h7,10,16,19,25-26,28,30,32,35,41,44,58-59,63H,4-6,8-9,11-15,17-18,20-24,27,29,31,33-34,36-40,42-43,45-57H2,1-3H3,(H,67,68)/b10-7-,19-16-,28-25-,30-26-,35-32-,44-41-. The molecule has 0 aromatic heterocycles. The van der Waals surface area contributed by atoms with Crippen LogP contribution >= 0.6 is 7.82 Å². The Kier molecular flexibility index (Phi) is 53.8. The zero-order chi connectivity index (χ0) is 54.1. The summed E-state index contributed by atoms with van der Waals surface area (Å²) in [5, 5.41) is 9.82. The van der Waals surface area contributed by atoms with Crippen LogP contribution in [0, 0.1) is 0 Å². The molecule has 0 aromatic carbocycles. The highest BCUT2D eigenvalue weighted by molar-refractivity contribution is 7.47. The van der Waals surface area contributed by atoms with Crippen LogP contribution < -0.4 is 0 Å². The Labute approximate surface area is 452 Å². The van der Waals surface area contributed by atoms with Gasteiger partial charge in [-0.15, -0.1) is 0 Å². The average Bonchev–Trinajstić information content (AvgIpc) is 3.39. The van der Waals surface area contributed by atoms with Gasteiger partial charge in [0.15, 0.2) is 6.10 Å². The lowest BCUT2D eigenvalue weighted by Crippen LogP contribution is -2.30. The minimum absolute atomic E-state index is 0.0872. The maximum absolute atomic E-state index is 12.9. The van der Waals surface area contributed by atoms with E-state index in [1.165, 1.54) is 109 Å². The number of rotatable bonds is 55. The fraction of sp³-hybridized carbons (Fsp3) is 0.758. The molecule has 0 saturated carbocycles. The first-order valence-electron chi connectivity index (χ1n) is 29.8. The molecular formula is C62H109O11P. The second kappa shape index (κ2) is 56.1. The smallest absolute Gasteiger partial charge is 0.462 e. The van der Waals surface area contributed by atoms with Crippen LogP contribution in [0.1, 0.15) is 265 Å². The molecule has 428 valence electrons. The largest absolute Gasteiger partial charge is 0.472 e. The van der Waals surface area contributed by atoms with Gasteiger partial charge in [-0.3, -0.25) is 23.4 Å². The van der Waals surface area contributed by atoms with Gasteiger partial charge in [0.25, 0.3) is 0 Å². The van der Waals surface area contributed by atoms with Gasteiger partial charge in [-0.1, -0.05) is 235 Å². The van der Waals surface area contributed by atoms with Crippen molar-refractivity contribution in [3.63, 3.8) is 0 Å². The third-order valence-electron chi connectivity index (χ3n) is 12.6. The molecule has 3 unspecified atom stereocenters. The molecule has 0 saturated heterocycles. The van der Waals surface area contributed by atoms with E-state index in [2.05, 4.69) is 81.5 Å². The normalized spacial score (nSPS) is 13.9. The summed E-state index contributed by atoms with van der Waals surface area (Å²) in [5.74, 6) is -1.54. The maximum Gasteiger partial charge on any atom is 0.472 e. The molecule has 3 atom stereocenters. The van der Waals surface area contributed by atoms with E-state index >= 15 is 0 Å². The highest BCUT2D eigenvalue weighted by atomic mass is 31.2. The van der Waals surface area contributed by atoms with Crippen LogP contribution in [0.15, 0.2) is 72.9 Å². The Balaban J connectivity index is 4.79. The number of ether oxygens (including phenoxy) is 3. The number of carbonyl (C=O) groups excluding carboxylic acids is 3. The van der Waals surface area contributed by atoms with Gasteiger partial charge in [0.05, 0.1) is 19.8 Å². The number of carbonyl (C=O) groups is 3. The minimum Gasteiger partial charge on any atom is -0.462 e. The second-order valence-electron chi connectivity index (χ2n) is 19.8. The van der Waals surface area contributed by atoms with E-state index in [1.807, 2.05) is 12.2 Å². The predicted octanol–water partition coefficient (Wildman–Crippen LogP) is 17.7. The lowest BCUT2D eigenvalue weighted by molar-refractivity contribution is -0.161. The topological polar surface area (TPSA) is 155 Å². The quantitative estimate of drug-likeness (QED) is 0.0197. The van der Waals surface area contributed by atoms with Gasteiger partial charge in [-0.2, -0.15) is 0 Å². The third-order valence-corrected chi connectivity index (χ3v) is 13.6. The van der Waals surface area contributed by atoms with Crippen molar-refractivity contribution in [1.29, 1.82) is 0 Å². The molecule has 11 nitrogen and oxygen atoms in total. The van der Waals surface area contributed by atoms with Crippen LogP contribution in [0.3, 0.4) is 0 Å². The van der Waals surface area contributed by atoms with Crippen molar-refractivity contribution in [3.8, 4) is 0 Å². The molecule has 2 N–H and O–H groups in total. The minimum atomic E-state index is -4.76. The van der Waals surface area contributed by atoms with Gasteiger partial charge in [-0.05, 0) is 83.5 Å². The summed E-state index contributed by atoms with van der Waals surface area (Å²) in [5.41, 5.74) is 0. The third kappa shape index (κ3) is 53.7. The molecule has 0 aromatic rings. The van der Waals surface area contributed by atoms with Crippen molar-refractivity contribution in [2.75, 3.05) is 26.4 Å². The van der Waals surface area contributed by atoms with Gasteiger partial charge >= 0.3 is 25.7 Å². The van der Waals surface area contributed by atoms with E-state index < -0.39 is 57.8 Å². The Morgan fingerprint density at radius 2 is 0.716 bits per heavy atom. The maximum atomic E-state index is 12.9. The van der Waals surface area contributed by atoms with E-state index in [4.69, 9.17) is 23.3 Å². The van der Waals surface area contributed by atoms with Gasteiger partial charge < -0.3 is 24.2 Å². The van der Waals surface area contributed by atoms with Crippen LogP contribution in [0.2, 0.25) is 0 Å². The fourth-order valence-electron chi connectivity index (χ4n) is 8.09. The van der Waals surface area contributed by atoms with Crippen LogP contribution in [0.5, 0.6) is 0 Å². The monoisotopic (exact) mass is 1060 g/mol. The zero-order valence-corrected chi connectivity index (χ0v) is 48.2. The highest BCUT2D eigenvalue weighted by Crippen LogP contribution is 2.43. The number of allylic oxidation sites excluding steroid dienone is 12. The Morgan fingerprint density at radius 1 is 0.392 bits per heavy atom. The number of hydrogen-bond acceptors (Lipinski definition) is 10. The van der Waals surface area contributed by atoms with Crippen molar-refractivity contribution in [2.45, 2.75) is 277 Å². The summed E-state index contributed by atoms with van der Waals surface area (Å²) >= 11 is 0. The number of unbranched alkanes of at least 4 members (excludes halogenated alkanes) is 26. The number of phosphoric ester groups is 1. The summed E-state index contributed by atoms with van der Waals surface area (Å²) < 4.78 is 39.5. The van der Waals surface area contributed by atoms with Crippen molar-refractivity contribution < 1.29 is 52.2 Å². The van der Waals surface area contributed by atoms with E-state index in [1.54, 1.807) is 0 Å². The molecule has 0 aliphatic heterocycles. The van der Waals surface area contributed by atoms with Gasteiger partial charge in [0.2, 0.25) is 0 Å². The Hall–Kier alpha value is -3.08. The fourth-order valence-corrected chi connectivity index (χ4v) is 8.88. The highest BCUT2D eigenvalue weighted by Gasteiger charge is 2.28. The first kappa shape index (κ1) is 70.9. The molecule has 0 aliphatic rings. The predicted molar refractivity (Wildman–Crippen MR) is 307 cm³/mol. The Bertz CT molecular complexity index is 1520. The van der Waals surface area contributed by atoms with E-state index in [0.29, 0.717) is 25.7 Å². The lowest BCUT2D eigenvalue weighted by atomic mass is 10.0. The van der Waals surface area contributed by atoms with Crippen LogP contribution in [0.4, 0.5) is 0 Å². The van der Waals surface area contributed by atoms with Gasteiger partial charge in [-0.25, -0.2) is 4.57 Å². The van der Waals surface area contributed by atoms with Crippen molar-refractivity contribution in [1.82, 2.24) is 0 Å². The molecule has 74 heavy (non-hydrogen) atoms. The summed E-state index contributed by atoms with van der Waals surface area (Å²) in [6.45, 7) is 4.48. The van der Waals surface area contributed by atoms with Crippen molar-refractivity contribution in [2.24, 2.45) is 0 Å². The average molecular weight is 1060 g/mol. The van der Waals surface area contributed by atoms with Crippen LogP contribution in [0.25, 0.3) is 0 Å². The molecule has 0 heterocycles. The molecule has 0 rings (SSSR count). The number of aliphatic hydroxyl groups is 1. The van der Waals surface area contributed by atoms with E-state index in [9.17, 15) is 28.9 Å². The first-order valence-corrected chi connectivity index (χ1v) is 31.3. The number of aliphatic hydroxyl groups excluding tert-OH is 1. The van der Waals surface area contributed by atoms with Crippen molar-refractivity contribution >= 4 is 25.7 Å². The molecule has 0 radical (unpaired) electrons. The molecule has 12 heteroatoms. The number of phosphoric acid groups is 1. The van der Waals surface area contributed by atoms with Crippen molar-refractivity contribution in [3.05, 3.63) is 72.9 Å². The molecule has 0 amide bonds. The van der Waals surface area contributed by atoms with Gasteiger partial charge in [0, 0.05) is 19.3 Å². The SMILES string of the molecule is CC/C=C\C/C=C\C/C=C\C/C=C\C/C=C\CCCC(=O)OC(COC(=O)CCCCCCC/C=C\CCCCCCCC)COP(=O)(O)OCC(CO)OC(=O)CCCCCCCCCCCCCCCCC. The summed E-state index contributed by atoms with van der Waals surface area (Å²) in [7, 11) is -4.76. The van der Waals surface area contributed by atoms with Crippen LogP contribution in [-0.2, 0) is 42.2 Å². The molecule has 0 spiro atoms. The number of hydrogen-bond donors (Lipinski definition) is 2. The molecule has 0 bridgehead atoms. The van der Waals surface area contributed by atoms with E-state index in [0.717, 1.165) is 89.9 Å². The zero-order valence-electron chi connectivity index (χ0n) is 47.3. The first-order chi connectivity index (χ1) is 36.2. The second-order valence-corrected chi connectivity index (χ2v) is 21.2. The van der Waals surface area contributed by atoms with E-state index in [-0.39, 0.29) is 25.9 Å². The Morgan fingerprint density at radius 3 is 1.15 bits per heavy atom. The summed E-state index contributed by atoms with van der Waals surface area (Å²) in [4.78, 5) is 48.6. The van der Waals surface area contributed by atoms with Gasteiger partial charge in [0.1, 0.15) is 12.7 Å². The molecule has 0 fully saturated rings. The molecular weight excluding hydrogens is 952 g/mol. The summed E-state index contributed by atoms with van der Waals surface area (Å²) in [6.07, 6.45) is 62.9. The van der Waals surface area contributed by atoms with Crippen LogP contribution in [-0.4, -0.2) is 66.5 Å². The lowest BCUT2D eigenvalue weighted by Gasteiger charge is -2.21. The summed E-state index contributed by atoms with van der Waals surface area (Å²) in [6, 6.07) is 0. The molecule has 0 aliphatic carbocycles.